The van der Waals surface area contributed by atoms with Gasteiger partial charge in [-0.3, -0.25) is 4.21 Å². The summed E-state index contributed by atoms with van der Waals surface area (Å²) in [5.41, 5.74) is 0. The monoisotopic (exact) mass is 327 g/mol. The molecule has 5 heteroatoms. The summed E-state index contributed by atoms with van der Waals surface area (Å²) in [4.78, 5) is 2.78. The topological polar surface area (TPSA) is 29.1 Å². The number of hydrogen-bond acceptors (Lipinski definition) is 4. The van der Waals surface area contributed by atoms with Gasteiger partial charge in [-0.15, -0.1) is 22.7 Å². The van der Waals surface area contributed by atoms with E-state index in [4.69, 9.17) is 0 Å². The maximum atomic E-state index is 11.2. The largest absolute Gasteiger partial charge is 0.306 e. The Morgan fingerprint density at radius 2 is 2.00 bits per heavy atom. The van der Waals surface area contributed by atoms with E-state index in [1.54, 1.807) is 17.6 Å². The molecule has 2 aromatic rings. The van der Waals surface area contributed by atoms with Crippen LogP contribution in [0.1, 0.15) is 29.1 Å². The van der Waals surface area contributed by atoms with Crippen LogP contribution in [0.3, 0.4) is 0 Å². The minimum absolute atomic E-state index is 0.356. The summed E-state index contributed by atoms with van der Waals surface area (Å²) >= 11 is 3.61. The maximum Gasteiger partial charge on any atom is 0.0465 e. The van der Waals surface area contributed by atoms with Gasteiger partial charge in [0.05, 0.1) is 0 Å². The first kappa shape index (κ1) is 15.9. The summed E-state index contributed by atoms with van der Waals surface area (Å²) in [6, 6.07) is 9.34. The van der Waals surface area contributed by atoms with E-state index in [0.29, 0.717) is 12.1 Å². The lowest BCUT2D eigenvalue weighted by molar-refractivity contribution is 0.451. The zero-order valence-electron chi connectivity index (χ0n) is 11.9. The van der Waals surface area contributed by atoms with Gasteiger partial charge in [0.15, 0.2) is 0 Å². The Morgan fingerprint density at radius 3 is 2.60 bits per heavy atom. The lowest BCUT2D eigenvalue weighted by atomic mass is 10.1. The van der Waals surface area contributed by atoms with E-state index in [0.717, 1.165) is 18.6 Å². The van der Waals surface area contributed by atoms with Crippen LogP contribution in [0, 0.1) is 0 Å². The molecule has 20 heavy (non-hydrogen) atoms. The van der Waals surface area contributed by atoms with Gasteiger partial charge in [-0.25, -0.2) is 0 Å². The molecule has 2 heterocycles. The van der Waals surface area contributed by atoms with E-state index in [2.05, 4.69) is 47.3 Å². The minimum atomic E-state index is -0.705. The summed E-state index contributed by atoms with van der Waals surface area (Å²) in [7, 11) is -0.705. The fourth-order valence-corrected chi connectivity index (χ4v) is 4.36. The first-order chi connectivity index (χ1) is 9.65. The molecule has 2 nitrogen and oxygen atoms in total. The molecule has 0 aliphatic rings. The Balaban J connectivity index is 1.98. The van der Waals surface area contributed by atoms with Crippen molar-refractivity contribution < 1.29 is 4.21 Å². The average molecular weight is 328 g/mol. The molecule has 0 aromatic carbocycles. The van der Waals surface area contributed by atoms with E-state index in [-0.39, 0.29) is 0 Å². The van der Waals surface area contributed by atoms with Gasteiger partial charge in [0.2, 0.25) is 0 Å². The first-order valence-corrected chi connectivity index (χ1v) is 10.3. The Morgan fingerprint density at radius 1 is 1.25 bits per heavy atom. The molecule has 0 fully saturated rings. The molecule has 0 saturated carbocycles. The first-order valence-electron chi connectivity index (χ1n) is 6.77. The van der Waals surface area contributed by atoms with Crippen molar-refractivity contribution in [2.24, 2.45) is 0 Å². The third kappa shape index (κ3) is 5.13. The lowest BCUT2D eigenvalue weighted by Crippen LogP contribution is -2.32. The molecule has 0 bridgehead atoms. The molecular weight excluding hydrogens is 306 g/mol. The van der Waals surface area contributed by atoms with Crippen LogP contribution in [-0.2, 0) is 17.2 Å². The highest BCUT2D eigenvalue weighted by atomic mass is 32.2. The summed E-state index contributed by atoms with van der Waals surface area (Å²) in [6.45, 7) is 2.18. The van der Waals surface area contributed by atoms with Crippen LogP contribution in [0.25, 0.3) is 0 Å². The highest BCUT2D eigenvalue weighted by Gasteiger charge is 2.16. The Bertz CT molecular complexity index is 507. The van der Waals surface area contributed by atoms with Gasteiger partial charge >= 0.3 is 0 Å². The molecule has 0 radical (unpaired) electrons. The van der Waals surface area contributed by atoms with Crippen LogP contribution < -0.4 is 5.32 Å². The summed E-state index contributed by atoms with van der Waals surface area (Å²) in [5, 5.41) is 7.95. The van der Waals surface area contributed by atoms with Crippen molar-refractivity contribution in [1.82, 2.24) is 5.32 Å². The maximum absolute atomic E-state index is 11.2. The molecule has 0 aliphatic carbocycles. The number of rotatable bonds is 8. The number of thiophene rings is 2. The zero-order valence-corrected chi connectivity index (χ0v) is 14.3. The van der Waals surface area contributed by atoms with E-state index in [9.17, 15) is 4.21 Å². The van der Waals surface area contributed by atoms with Crippen LogP contribution in [-0.4, -0.2) is 22.3 Å². The Hall–Kier alpha value is -0.490. The molecule has 110 valence electrons. The van der Waals surface area contributed by atoms with Crippen molar-refractivity contribution >= 4 is 33.5 Å². The molecular formula is C15H21NOS3. The second kappa shape index (κ2) is 8.08. The summed E-state index contributed by atoms with van der Waals surface area (Å²) in [6.07, 6.45) is 3.75. The predicted molar refractivity (Wildman–Crippen MR) is 91.2 cm³/mol. The standard InChI is InChI=1S/C15H21NOS3/c1-12(7-10-20(2)17)16-14(15-6-4-9-19-15)11-13-5-3-8-18-13/h3-6,8-9,12,14,16H,7,10-11H2,1-2H3. The van der Waals surface area contributed by atoms with Crippen molar-refractivity contribution in [2.45, 2.75) is 31.8 Å². The van der Waals surface area contributed by atoms with E-state index in [1.807, 2.05) is 11.3 Å². The summed E-state index contributed by atoms with van der Waals surface area (Å²) in [5.74, 6) is 0.768. The second-order valence-corrected chi connectivity index (χ2v) is 8.55. The average Bonchev–Trinajstić information content (AvgIpc) is 3.08. The van der Waals surface area contributed by atoms with Crippen LogP contribution in [0.15, 0.2) is 35.0 Å². The van der Waals surface area contributed by atoms with Crippen LogP contribution in [0.4, 0.5) is 0 Å². The van der Waals surface area contributed by atoms with E-state index < -0.39 is 10.8 Å². The van der Waals surface area contributed by atoms with Crippen LogP contribution in [0.5, 0.6) is 0 Å². The Labute approximate surface area is 131 Å². The van der Waals surface area contributed by atoms with Crippen molar-refractivity contribution in [1.29, 1.82) is 0 Å². The van der Waals surface area contributed by atoms with Crippen molar-refractivity contribution in [3.63, 3.8) is 0 Å². The van der Waals surface area contributed by atoms with Gasteiger partial charge < -0.3 is 5.32 Å². The van der Waals surface area contributed by atoms with Gasteiger partial charge in [-0.2, -0.15) is 0 Å². The molecule has 1 N–H and O–H groups in total. The smallest absolute Gasteiger partial charge is 0.0465 e. The third-order valence-electron chi connectivity index (χ3n) is 3.20. The normalized spacial score (nSPS) is 15.9. The molecule has 0 spiro atoms. The van der Waals surface area contributed by atoms with Crippen LogP contribution in [0.2, 0.25) is 0 Å². The third-order valence-corrected chi connectivity index (χ3v) is 5.89. The lowest BCUT2D eigenvalue weighted by Gasteiger charge is -2.22. The fraction of sp³-hybridized carbons (Fsp3) is 0.467. The minimum Gasteiger partial charge on any atom is -0.306 e. The summed E-state index contributed by atoms with van der Waals surface area (Å²) < 4.78 is 11.2. The van der Waals surface area contributed by atoms with Gasteiger partial charge in [0, 0.05) is 51.1 Å². The Kier molecular flexibility index (Phi) is 6.42. The van der Waals surface area contributed by atoms with Crippen LogP contribution >= 0.6 is 22.7 Å². The van der Waals surface area contributed by atoms with Gasteiger partial charge in [0.25, 0.3) is 0 Å². The molecule has 0 aliphatic heterocycles. The molecule has 3 unspecified atom stereocenters. The van der Waals surface area contributed by atoms with Crippen molar-refractivity contribution in [3.8, 4) is 0 Å². The van der Waals surface area contributed by atoms with Gasteiger partial charge in [-0.1, -0.05) is 12.1 Å². The molecule has 0 amide bonds. The highest BCUT2D eigenvalue weighted by molar-refractivity contribution is 7.84. The number of hydrogen-bond donors (Lipinski definition) is 1. The molecule has 3 atom stereocenters. The zero-order chi connectivity index (χ0) is 14.4. The van der Waals surface area contributed by atoms with Crippen molar-refractivity contribution in [2.75, 3.05) is 12.0 Å². The van der Waals surface area contributed by atoms with Gasteiger partial charge in [0.1, 0.15) is 0 Å². The van der Waals surface area contributed by atoms with E-state index in [1.165, 1.54) is 9.75 Å². The number of nitrogens with one attached hydrogen (secondary N) is 1. The highest BCUT2D eigenvalue weighted by Crippen LogP contribution is 2.25. The van der Waals surface area contributed by atoms with E-state index >= 15 is 0 Å². The quantitative estimate of drug-likeness (QED) is 0.798. The van der Waals surface area contributed by atoms with Gasteiger partial charge in [-0.05, 0) is 36.2 Å². The fourth-order valence-electron chi connectivity index (χ4n) is 2.13. The SMILES string of the molecule is CC(CCS(C)=O)NC(Cc1cccs1)c1cccs1. The molecule has 2 rings (SSSR count). The predicted octanol–water partition coefficient (Wildman–Crippen LogP) is 3.84. The molecule has 2 aromatic heterocycles. The van der Waals surface area contributed by atoms with Crippen molar-refractivity contribution in [3.05, 3.63) is 44.8 Å². The molecule has 0 saturated heterocycles. The second-order valence-electron chi connectivity index (χ2n) is 4.99.